The van der Waals surface area contributed by atoms with Crippen LogP contribution in [0.5, 0.6) is 0 Å². The molecule has 7 heteroatoms. The Hall–Kier alpha value is -2.18. The van der Waals surface area contributed by atoms with E-state index >= 15 is 0 Å². The first-order valence-electron chi connectivity index (χ1n) is 4.20. The van der Waals surface area contributed by atoms with Gasteiger partial charge in [-0.25, -0.2) is 0 Å². The molecule has 2 N–H and O–H groups in total. The molecule has 0 aliphatic rings. The molecule has 0 unspecified atom stereocenters. The summed E-state index contributed by atoms with van der Waals surface area (Å²) in [5.41, 5.74) is 4.34. The zero-order valence-corrected chi connectivity index (χ0v) is 8.34. The number of nitrogen functional groups attached to an aromatic ring is 1. The Morgan fingerprint density at radius 3 is 2.07 bits per heavy atom. The van der Waals surface area contributed by atoms with Gasteiger partial charge in [0.1, 0.15) is 5.69 Å². The quantitative estimate of drug-likeness (QED) is 0.459. The van der Waals surface area contributed by atoms with Gasteiger partial charge in [-0.15, -0.1) is 0 Å². The monoisotopic (exact) mass is 213 g/mol. The minimum Gasteiger partial charge on any atom is -0.393 e. The highest BCUT2D eigenvalue weighted by molar-refractivity contribution is 5.62. The van der Waals surface area contributed by atoms with E-state index in [9.17, 15) is 20.2 Å². The second-order valence-electron chi connectivity index (χ2n) is 2.26. The maximum Gasteiger partial charge on any atom is 0.298 e. The maximum absolute atomic E-state index is 10.3. The van der Waals surface area contributed by atoms with Crippen molar-refractivity contribution < 1.29 is 9.85 Å². The van der Waals surface area contributed by atoms with Gasteiger partial charge in [0.05, 0.1) is 15.9 Å². The minimum atomic E-state index is -0.762. The molecule has 0 bridgehead atoms. The molecule has 1 aromatic carbocycles. The number of hydrogen-bond donors (Lipinski definition) is 1. The number of nitro benzene ring substituents is 2. The van der Waals surface area contributed by atoms with Crippen LogP contribution in [0.4, 0.5) is 17.1 Å². The number of benzene rings is 1. The molecule has 0 aromatic heterocycles. The van der Waals surface area contributed by atoms with Gasteiger partial charge < -0.3 is 5.73 Å². The van der Waals surface area contributed by atoms with Crippen molar-refractivity contribution in [2.75, 3.05) is 5.73 Å². The van der Waals surface area contributed by atoms with E-state index in [1.165, 1.54) is 0 Å². The van der Waals surface area contributed by atoms with E-state index in [0.717, 1.165) is 18.2 Å². The van der Waals surface area contributed by atoms with Crippen LogP contribution in [0.25, 0.3) is 0 Å². The predicted octanol–water partition coefficient (Wildman–Crippen LogP) is 2.11. The number of nitrogens with two attached hydrogens (primary N) is 1. The Morgan fingerprint density at radius 2 is 1.67 bits per heavy atom. The van der Waals surface area contributed by atoms with Crippen LogP contribution in [-0.2, 0) is 0 Å². The number of rotatable bonds is 2. The van der Waals surface area contributed by atoms with Crippen LogP contribution in [-0.4, -0.2) is 9.85 Å². The molecule has 1 aromatic rings. The minimum absolute atomic E-state index is 0.0874. The van der Waals surface area contributed by atoms with Crippen LogP contribution in [0.2, 0.25) is 0 Å². The van der Waals surface area contributed by atoms with Crippen molar-refractivity contribution in [3.63, 3.8) is 0 Å². The Kier molecular flexibility index (Phi) is 4.73. The second kappa shape index (κ2) is 5.53. The van der Waals surface area contributed by atoms with Gasteiger partial charge in [0.25, 0.3) is 11.4 Å². The van der Waals surface area contributed by atoms with E-state index in [4.69, 9.17) is 5.73 Å². The van der Waals surface area contributed by atoms with E-state index < -0.39 is 15.5 Å². The molecule has 0 radical (unpaired) electrons. The molecule has 0 aliphatic heterocycles. The Bertz CT molecular complexity index is 378. The fraction of sp³-hybridized carbons (Fsp3) is 0.250. The molecule has 15 heavy (non-hydrogen) atoms. The highest BCUT2D eigenvalue weighted by Crippen LogP contribution is 2.25. The van der Waals surface area contributed by atoms with Crippen molar-refractivity contribution >= 4 is 17.1 Å². The lowest BCUT2D eigenvalue weighted by Crippen LogP contribution is -1.97. The Balaban J connectivity index is 0.000000921. The molecule has 0 aliphatic carbocycles. The van der Waals surface area contributed by atoms with Gasteiger partial charge in [0, 0.05) is 6.07 Å². The number of nitro groups is 2. The maximum atomic E-state index is 10.3. The number of anilines is 1. The summed E-state index contributed by atoms with van der Waals surface area (Å²) in [6.45, 7) is 4.00. The van der Waals surface area contributed by atoms with Gasteiger partial charge in [-0.3, -0.25) is 20.2 Å². The Labute approximate surface area is 85.8 Å². The summed E-state index contributed by atoms with van der Waals surface area (Å²) in [5, 5.41) is 20.5. The first kappa shape index (κ1) is 12.8. The third-order valence-corrected chi connectivity index (χ3v) is 1.42. The van der Waals surface area contributed by atoms with Gasteiger partial charge in [-0.2, -0.15) is 0 Å². The smallest absolute Gasteiger partial charge is 0.298 e. The highest BCUT2D eigenvalue weighted by atomic mass is 16.6. The molecule has 0 saturated carbocycles. The molecular formula is C8H11N3O4. The molecule has 0 fully saturated rings. The highest BCUT2D eigenvalue weighted by Gasteiger charge is 2.16. The van der Waals surface area contributed by atoms with Crippen molar-refractivity contribution in [1.82, 2.24) is 0 Å². The summed E-state index contributed by atoms with van der Waals surface area (Å²) in [6, 6.07) is 3.08. The fourth-order valence-electron chi connectivity index (χ4n) is 0.804. The van der Waals surface area contributed by atoms with Gasteiger partial charge >= 0.3 is 0 Å². The van der Waals surface area contributed by atoms with E-state index in [2.05, 4.69) is 0 Å². The van der Waals surface area contributed by atoms with Crippen molar-refractivity contribution in [2.24, 2.45) is 0 Å². The van der Waals surface area contributed by atoms with Crippen LogP contribution < -0.4 is 5.73 Å². The standard InChI is InChI=1S/C6H5N3O4.C2H6/c7-5-2-1-4(8(10)11)3-6(5)9(12)13;1-2/h1-3H,7H2;1-2H3. The van der Waals surface area contributed by atoms with Crippen LogP contribution in [0, 0.1) is 20.2 Å². The van der Waals surface area contributed by atoms with Crippen LogP contribution in [0.15, 0.2) is 18.2 Å². The number of hydrogen-bond acceptors (Lipinski definition) is 5. The van der Waals surface area contributed by atoms with Crippen molar-refractivity contribution in [2.45, 2.75) is 13.8 Å². The topological polar surface area (TPSA) is 112 Å². The van der Waals surface area contributed by atoms with E-state index in [-0.39, 0.29) is 11.4 Å². The third kappa shape index (κ3) is 3.22. The van der Waals surface area contributed by atoms with Crippen LogP contribution in [0.1, 0.15) is 13.8 Å². The summed E-state index contributed by atoms with van der Waals surface area (Å²) >= 11 is 0. The third-order valence-electron chi connectivity index (χ3n) is 1.42. The summed E-state index contributed by atoms with van der Waals surface area (Å²) in [6.07, 6.45) is 0. The van der Waals surface area contributed by atoms with Crippen molar-refractivity contribution in [1.29, 1.82) is 0 Å². The first-order valence-corrected chi connectivity index (χ1v) is 4.20. The fourth-order valence-corrected chi connectivity index (χ4v) is 0.804. The van der Waals surface area contributed by atoms with Gasteiger partial charge in [0.2, 0.25) is 0 Å². The first-order chi connectivity index (χ1) is 7.02. The Morgan fingerprint density at radius 1 is 1.13 bits per heavy atom. The zero-order valence-electron chi connectivity index (χ0n) is 8.34. The normalized spacial score (nSPS) is 8.67. The van der Waals surface area contributed by atoms with E-state index in [0.29, 0.717) is 0 Å². The SMILES string of the molecule is CC.Nc1ccc([N+](=O)[O-])cc1[N+](=O)[O-]. The lowest BCUT2D eigenvalue weighted by molar-refractivity contribution is -0.393. The molecule has 0 atom stereocenters. The average Bonchev–Trinajstić information content (AvgIpc) is 2.20. The molecule has 0 amide bonds. The number of nitrogens with zero attached hydrogens (tertiary/aromatic N) is 2. The van der Waals surface area contributed by atoms with Crippen molar-refractivity contribution in [3.05, 3.63) is 38.4 Å². The second-order valence-corrected chi connectivity index (χ2v) is 2.26. The molecule has 0 spiro atoms. The van der Waals surface area contributed by atoms with Crippen molar-refractivity contribution in [3.8, 4) is 0 Å². The lowest BCUT2D eigenvalue weighted by Gasteiger charge is -1.95. The molecule has 7 nitrogen and oxygen atoms in total. The van der Waals surface area contributed by atoms with Crippen LogP contribution >= 0.6 is 0 Å². The lowest BCUT2D eigenvalue weighted by atomic mass is 10.2. The van der Waals surface area contributed by atoms with Gasteiger partial charge in [-0.05, 0) is 6.07 Å². The van der Waals surface area contributed by atoms with E-state index in [1.54, 1.807) is 0 Å². The molecular weight excluding hydrogens is 202 g/mol. The van der Waals surface area contributed by atoms with Crippen LogP contribution in [0.3, 0.4) is 0 Å². The predicted molar refractivity (Wildman–Crippen MR) is 55.5 cm³/mol. The average molecular weight is 213 g/mol. The zero-order chi connectivity index (χ0) is 12.0. The largest absolute Gasteiger partial charge is 0.393 e. The number of non-ortho nitro benzene ring substituents is 1. The summed E-state index contributed by atoms with van der Waals surface area (Å²) in [7, 11) is 0. The molecule has 1 rings (SSSR count). The van der Waals surface area contributed by atoms with Gasteiger partial charge in [-0.1, -0.05) is 13.8 Å². The summed E-state index contributed by atoms with van der Waals surface area (Å²) in [5.74, 6) is 0. The molecule has 0 saturated heterocycles. The van der Waals surface area contributed by atoms with Gasteiger partial charge in [0.15, 0.2) is 0 Å². The summed E-state index contributed by atoms with van der Waals surface area (Å²) < 4.78 is 0. The summed E-state index contributed by atoms with van der Waals surface area (Å²) in [4.78, 5) is 19.1. The molecule has 0 heterocycles. The van der Waals surface area contributed by atoms with E-state index in [1.807, 2.05) is 13.8 Å². The molecule has 82 valence electrons.